The Morgan fingerprint density at radius 2 is 1.90 bits per heavy atom. The monoisotopic (exact) mass is 325 g/mol. The topological polar surface area (TPSA) is 63.2 Å². The van der Waals surface area contributed by atoms with Gasteiger partial charge in [-0.3, -0.25) is 4.79 Å². The minimum Gasteiger partial charge on any atom is -0.274 e. The fraction of sp³-hybridized carbons (Fsp3) is 0.417. The highest BCUT2D eigenvalue weighted by Gasteiger charge is 2.42. The third-order valence-electron chi connectivity index (χ3n) is 3.22. The smallest absolute Gasteiger partial charge is 0.274 e. The van der Waals surface area contributed by atoms with Crippen molar-refractivity contribution >= 4 is 15.9 Å². The van der Waals surface area contributed by atoms with Gasteiger partial charge in [0.05, 0.1) is 10.5 Å². The van der Waals surface area contributed by atoms with Crippen LogP contribution in [0.5, 0.6) is 0 Å². The van der Waals surface area contributed by atoms with Gasteiger partial charge in [0.1, 0.15) is 5.82 Å². The summed E-state index contributed by atoms with van der Waals surface area (Å²) in [5.74, 6) is -2.59. The molecule has 2 atom stereocenters. The number of sulfonamides is 1. The van der Waals surface area contributed by atoms with E-state index >= 15 is 0 Å². The summed E-state index contributed by atoms with van der Waals surface area (Å²) in [7, 11) is -4.70. The van der Waals surface area contributed by atoms with Crippen LogP contribution in [0.15, 0.2) is 23.1 Å². The van der Waals surface area contributed by atoms with E-state index in [0.717, 1.165) is 0 Å². The Morgan fingerprint density at radius 3 is 2.38 bits per heavy atom. The summed E-state index contributed by atoms with van der Waals surface area (Å²) < 4.78 is 76.7. The number of carbonyl (C=O) groups is 1. The molecule has 0 heterocycles. The number of hydrogen-bond donors (Lipinski definition) is 1. The van der Waals surface area contributed by atoms with E-state index in [1.54, 1.807) is 11.6 Å². The first-order valence-electron chi connectivity index (χ1n) is 5.96. The Labute approximate surface area is 118 Å². The van der Waals surface area contributed by atoms with Crippen molar-refractivity contribution in [2.24, 2.45) is 11.8 Å². The molecule has 9 heteroatoms. The van der Waals surface area contributed by atoms with Gasteiger partial charge in [0.15, 0.2) is 0 Å². The zero-order chi connectivity index (χ0) is 16.0. The van der Waals surface area contributed by atoms with Crippen molar-refractivity contribution in [3.8, 4) is 0 Å². The molecule has 4 nitrogen and oxygen atoms in total. The van der Waals surface area contributed by atoms with Crippen molar-refractivity contribution in [2.45, 2.75) is 24.4 Å². The first-order chi connectivity index (χ1) is 9.52. The highest BCUT2D eigenvalue weighted by Crippen LogP contribution is 2.38. The van der Waals surface area contributed by atoms with Crippen molar-refractivity contribution in [1.29, 1.82) is 0 Å². The number of halogens is 4. The quantitative estimate of drug-likeness (QED) is 0.868. The van der Waals surface area contributed by atoms with Crippen LogP contribution in [0.2, 0.25) is 0 Å². The minimum absolute atomic E-state index is 0.00416. The lowest BCUT2D eigenvalue weighted by molar-refractivity contribution is -0.140. The molecule has 1 N–H and O–H groups in total. The fourth-order valence-corrected chi connectivity index (χ4v) is 3.15. The van der Waals surface area contributed by atoms with Crippen LogP contribution in [0.3, 0.4) is 0 Å². The molecule has 116 valence electrons. The van der Waals surface area contributed by atoms with Crippen molar-refractivity contribution < 1.29 is 30.8 Å². The molecule has 0 radical (unpaired) electrons. The Morgan fingerprint density at radius 1 is 1.33 bits per heavy atom. The highest BCUT2D eigenvalue weighted by atomic mass is 32.2. The number of carbonyl (C=O) groups excluding carboxylic acids is 1. The number of rotatable bonds is 3. The molecule has 1 amide bonds. The van der Waals surface area contributed by atoms with E-state index in [1.807, 2.05) is 0 Å². The number of nitrogens with one attached hydrogen (secondary N) is 1. The lowest BCUT2D eigenvalue weighted by Gasteiger charge is -2.14. The summed E-state index contributed by atoms with van der Waals surface area (Å²) in [5.41, 5.74) is -1.65. The molecule has 0 bridgehead atoms. The average Bonchev–Trinajstić information content (AvgIpc) is 3.04. The SMILES string of the molecule is C[C@H]1C[C@H]1C(=O)NS(=O)(=O)c1ccc(F)cc1C(F)(F)F. The van der Waals surface area contributed by atoms with Crippen LogP contribution in [0, 0.1) is 17.7 Å². The van der Waals surface area contributed by atoms with E-state index in [2.05, 4.69) is 0 Å². The second-order valence-corrected chi connectivity index (χ2v) is 6.58. The summed E-state index contributed by atoms with van der Waals surface area (Å²) in [6, 6.07) is 1.16. The zero-order valence-corrected chi connectivity index (χ0v) is 11.6. The van der Waals surface area contributed by atoms with Crippen molar-refractivity contribution in [3.05, 3.63) is 29.6 Å². The number of amides is 1. The molecule has 1 aliphatic carbocycles. The molecule has 0 saturated heterocycles. The lowest BCUT2D eigenvalue weighted by atomic mass is 10.2. The predicted octanol–water partition coefficient (Wildman–Crippen LogP) is 2.31. The predicted molar refractivity (Wildman–Crippen MR) is 64.0 cm³/mol. The van der Waals surface area contributed by atoms with E-state index in [9.17, 15) is 30.8 Å². The standard InChI is InChI=1S/C12H11F4NO3S/c1-6-4-8(6)11(18)17-21(19,20)10-3-2-7(13)5-9(10)12(14,15)16/h2-3,5-6,8H,4H2,1H3,(H,17,18)/t6-,8+/m0/s1. The van der Waals surface area contributed by atoms with Crippen LogP contribution < -0.4 is 4.72 Å². The molecule has 1 aromatic rings. The van der Waals surface area contributed by atoms with Crippen LogP contribution >= 0.6 is 0 Å². The normalized spacial score (nSPS) is 22.0. The van der Waals surface area contributed by atoms with E-state index in [4.69, 9.17) is 0 Å². The highest BCUT2D eigenvalue weighted by molar-refractivity contribution is 7.90. The second kappa shape index (κ2) is 4.97. The Kier molecular flexibility index (Phi) is 3.73. The lowest BCUT2D eigenvalue weighted by Crippen LogP contribution is -2.33. The van der Waals surface area contributed by atoms with Crippen molar-refractivity contribution in [1.82, 2.24) is 4.72 Å². The summed E-state index contributed by atoms with van der Waals surface area (Å²) in [6.07, 6.45) is -4.57. The Hall–Kier alpha value is -1.64. The zero-order valence-electron chi connectivity index (χ0n) is 10.7. The molecule has 21 heavy (non-hydrogen) atoms. The third-order valence-corrected chi connectivity index (χ3v) is 4.62. The molecular weight excluding hydrogens is 314 g/mol. The van der Waals surface area contributed by atoms with Gasteiger partial charge in [-0.15, -0.1) is 0 Å². The van der Waals surface area contributed by atoms with Gasteiger partial charge in [0, 0.05) is 5.92 Å². The summed E-state index contributed by atoms with van der Waals surface area (Å²) >= 11 is 0. The molecule has 0 spiro atoms. The minimum atomic E-state index is -5.05. The second-order valence-electron chi connectivity index (χ2n) is 4.93. The van der Waals surface area contributed by atoms with Gasteiger partial charge in [0.2, 0.25) is 5.91 Å². The molecule has 0 unspecified atom stereocenters. The maximum atomic E-state index is 12.9. The van der Waals surface area contributed by atoms with Gasteiger partial charge < -0.3 is 0 Å². The van der Waals surface area contributed by atoms with Gasteiger partial charge >= 0.3 is 6.18 Å². The van der Waals surface area contributed by atoms with Gasteiger partial charge in [-0.1, -0.05) is 6.92 Å². The summed E-state index contributed by atoms with van der Waals surface area (Å²) in [4.78, 5) is 10.4. The largest absolute Gasteiger partial charge is 0.417 e. The van der Waals surface area contributed by atoms with Crippen LogP contribution in [0.1, 0.15) is 18.9 Å². The van der Waals surface area contributed by atoms with Gasteiger partial charge in [-0.05, 0) is 30.5 Å². The Bertz CT molecular complexity index is 684. The van der Waals surface area contributed by atoms with Crippen LogP contribution in [-0.4, -0.2) is 14.3 Å². The van der Waals surface area contributed by atoms with Crippen LogP contribution in [0.25, 0.3) is 0 Å². The summed E-state index contributed by atoms with van der Waals surface area (Å²) in [6.45, 7) is 1.72. The number of benzene rings is 1. The summed E-state index contributed by atoms with van der Waals surface area (Å²) in [5, 5.41) is 0. The first-order valence-corrected chi connectivity index (χ1v) is 7.44. The molecular formula is C12H11F4NO3S. The first kappa shape index (κ1) is 15.7. The molecule has 0 aliphatic heterocycles. The number of alkyl halides is 3. The molecule has 1 aromatic carbocycles. The number of hydrogen-bond acceptors (Lipinski definition) is 3. The maximum Gasteiger partial charge on any atom is 0.417 e. The molecule has 1 aliphatic rings. The van der Waals surface area contributed by atoms with Crippen LogP contribution in [-0.2, 0) is 21.0 Å². The molecule has 0 aromatic heterocycles. The van der Waals surface area contributed by atoms with Crippen LogP contribution in [0.4, 0.5) is 17.6 Å². The van der Waals surface area contributed by atoms with Gasteiger partial charge in [-0.2, -0.15) is 13.2 Å². The Balaban J connectivity index is 2.38. The fourth-order valence-electron chi connectivity index (χ4n) is 1.91. The third kappa shape index (κ3) is 3.34. The average molecular weight is 325 g/mol. The van der Waals surface area contributed by atoms with E-state index in [1.165, 1.54) is 0 Å². The van der Waals surface area contributed by atoms with E-state index in [-0.39, 0.29) is 12.0 Å². The molecule has 1 fully saturated rings. The van der Waals surface area contributed by atoms with Crippen molar-refractivity contribution in [3.63, 3.8) is 0 Å². The van der Waals surface area contributed by atoms with Gasteiger partial charge in [0.25, 0.3) is 10.0 Å². The van der Waals surface area contributed by atoms with E-state index in [0.29, 0.717) is 18.6 Å². The van der Waals surface area contributed by atoms with E-state index < -0.39 is 44.3 Å². The van der Waals surface area contributed by atoms with Crippen molar-refractivity contribution in [2.75, 3.05) is 0 Å². The van der Waals surface area contributed by atoms with Gasteiger partial charge in [-0.25, -0.2) is 17.5 Å². The molecule has 1 saturated carbocycles. The molecule has 2 rings (SSSR count). The maximum absolute atomic E-state index is 12.9.